The molecule has 2 aliphatic heterocycles. The third kappa shape index (κ3) is 5.60. The van der Waals surface area contributed by atoms with E-state index in [0.717, 1.165) is 61.8 Å². The molecule has 5 nitrogen and oxygen atoms in total. The Morgan fingerprint density at radius 1 is 1.03 bits per heavy atom. The predicted molar refractivity (Wildman–Crippen MR) is 147 cm³/mol. The minimum atomic E-state index is 0.431. The highest BCUT2D eigenvalue weighted by Gasteiger charge is 2.23. The summed E-state index contributed by atoms with van der Waals surface area (Å²) >= 11 is 2.14. The Labute approximate surface area is 209 Å². The van der Waals surface area contributed by atoms with Crippen molar-refractivity contribution in [1.82, 2.24) is 14.5 Å². The number of hydrogen-bond acceptors (Lipinski definition) is 5. The van der Waals surface area contributed by atoms with Gasteiger partial charge in [-0.15, -0.1) is 0 Å². The number of thioether (sulfide) groups is 1. The number of nitrogens with zero attached hydrogens (tertiary/aromatic N) is 4. The average molecular weight is 482 g/mol. The van der Waals surface area contributed by atoms with Crippen LogP contribution in [0.25, 0.3) is 22.6 Å². The molecule has 0 bridgehead atoms. The molecule has 1 fully saturated rings. The number of fused-ring (bicyclic) bond motifs is 2. The fraction of sp³-hybridized carbons (Fsp3) is 0.571. The van der Waals surface area contributed by atoms with E-state index in [9.17, 15) is 0 Å². The first-order valence-electron chi connectivity index (χ1n) is 13.0. The highest BCUT2D eigenvalue weighted by molar-refractivity contribution is 8.00. The lowest BCUT2D eigenvalue weighted by Gasteiger charge is -2.29. The van der Waals surface area contributed by atoms with Crippen molar-refractivity contribution in [2.24, 2.45) is 0 Å². The summed E-state index contributed by atoms with van der Waals surface area (Å²) in [5.74, 6) is 2.08. The normalized spacial score (nSPS) is 15.4. The fourth-order valence-corrected chi connectivity index (χ4v) is 5.94. The highest BCUT2D eigenvalue weighted by atomic mass is 32.2. The maximum absolute atomic E-state index is 6.36. The van der Waals surface area contributed by atoms with Crippen LogP contribution in [0.3, 0.4) is 0 Å². The zero-order valence-corrected chi connectivity index (χ0v) is 22.5. The van der Waals surface area contributed by atoms with Crippen LogP contribution in [0, 0.1) is 0 Å². The molecule has 0 N–H and O–H groups in total. The van der Waals surface area contributed by atoms with Crippen molar-refractivity contribution in [3.8, 4) is 11.5 Å². The lowest BCUT2D eigenvalue weighted by atomic mass is 10.1. The van der Waals surface area contributed by atoms with E-state index in [4.69, 9.17) is 9.40 Å². The minimum absolute atomic E-state index is 0.431. The predicted octanol–water partition coefficient (Wildman–Crippen LogP) is 5.18. The van der Waals surface area contributed by atoms with Gasteiger partial charge in [-0.05, 0) is 44.9 Å². The van der Waals surface area contributed by atoms with Crippen molar-refractivity contribution < 1.29 is 4.42 Å². The summed E-state index contributed by atoms with van der Waals surface area (Å²) in [4.78, 5) is 9.80. The molecule has 0 unspecified atom stereocenters. The minimum Gasteiger partial charge on any atom is -0.452 e. The van der Waals surface area contributed by atoms with Crippen molar-refractivity contribution in [1.29, 1.82) is 0 Å². The van der Waals surface area contributed by atoms with Gasteiger partial charge in [-0.3, -0.25) is 4.90 Å². The second kappa shape index (κ2) is 11.1. The molecule has 0 amide bonds. The molecule has 1 aromatic rings. The zero-order chi connectivity index (χ0) is 24.1. The summed E-state index contributed by atoms with van der Waals surface area (Å²) in [6.07, 6.45) is 2.49. The Hall–Kier alpha value is -2.05. The van der Waals surface area contributed by atoms with E-state index in [0.29, 0.717) is 4.75 Å². The van der Waals surface area contributed by atoms with Gasteiger partial charge < -0.3 is 9.32 Å². The Morgan fingerprint density at radius 2 is 1.76 bits per heavy atom. The van der Waals surface area contributed by atoms with E-state index < -0.39 is 0 Å². The van der Waals surface area contributed by atoms with Gasteiger partial charge in [0.25, 0.3) is 0 Å². The molecule has 184 valence electrons. The third-order valence-electron chi connectivity index (χ3n) is 7.57. The average Bonchev–Trinajstić information content (AvgIpc) is 2.88. The first-order valence-corrected chi connectivity index (χ1v) is 14.0. The first kappa shape index (κ1) is 25.1. The molecule has 0 atom stereocenters. The van der Waals surface area contributed by atoms with Gasteiger partial charge in [-0.25, -0.2) is 9.56 Å². The first-order chi connectivity index (χ1) is 16.5. The monoisotopic (exact) mass is 481 g/mol. The van der Waals surface area contributed by atoms with Crippen LogP contribution in [0.5, 0.6) is 0 Å². The van der Waals surface area contributed by atoms with E-state index in [2.05, 4.69) is 97.2 Å². The number of anilines is 1. The molecule has 0 saturated carbocycles. The molecular formula is C28H41N4OS+. The maximum Gasteiger partial charge on any atom is 0.203 e. The molecule has 0 radical (unpaired) electrons. The van der Waals surface area contributed by atoms with Crippen LogP contribution in [0.1, 0.15) is 47.5 Å². The van der Waals surface area contributed by atoms with Gasteiger partial charge in [-0.2, -0.15) is 11.8 Å². The molecule has 2 heterocycles. The lowest BCUT2D eigenvalue weighted by Crippen LogP contribution is -2.48. The molecule has 1 aromatic carbocycles. The zero-order valence-electron chi connectivity index (χ0n) is 21.6. The van der Waals surface area contributed by atoms with E-state index in [1.165, 1.54) is 36.2 Å². The van der Waals surface area contributed by atoms with Crippen LogP contribution in [-0.2, 0) is 0 Å². The van der Waals surface area contributed by atoms with Crippen molar-refractivity contribution >= 4 is 28.5 Å². The molecule has 3 aliphatic rings. The number of piperazine rings is 1. The largest absolute Gasteiger partial charge is 0.452 e. The van der Waals surface area contributed by atoms with Gasteiger partial charge >= 0.3 is 0 Å². The van der Waals surface area contributed by atoms with Crippen molar-refractivity contribution in [2.45, 2.75) is 52.2 Å². The number of rotatable bonds is 9. The molecule has 1 saturated heterocycles. The van der Waals surface area contributed by atoms with E-state index in [1.807, 2.05) is 0 Å². The van der Waals surface area contributed by atoms with Gasteiger partial charge in [0.1, 0.15) is 11.2 Å². The van der Waals surface area contributed by atoms with Crippen LogP contribution in [0.2, 0.25) is 0 Å². The van der Waals surface area contributed by atoms with Gasteiger partial charge in [0.15, 0.2) is 24.4 Å². The topological polar surface area (TPSA) is 35.5 Å². The van der Waals surface area contributed by atoms with E-state index >= 15 is 0 Å². The SMILES string of the molecule is CCN(CC)c1ccc2nc3ccc(=[N+]4CCN(CCSC(C)(CC)CC)CC4)cc-3oc2c1. The molecule has 34 heavy (non-hydrogen) atoms. The van der Waals surface area contributed by atoms with Crippen molar-refractivity contribution in [3.05, 3.63) is 41.8 Å². The highest BCUT2D eigenvalue weighted by Crippen LogP contribution is 2.31. The Morgan fingerprint density at radius 3 is 2.44 bits per heavy atom. The summed E-state index contributed by atoms with van der Waals surface area (Å²) in [5.41, 5.74) is 3.86. The Balaban J connectivity index is 1.49. The number of aromatic nitrogens is 1. The van der Waals surface area contributed by atoms with Crippen LogP contribution < -0.4 is 14.8 Å². The van der Waals surface area contributed by atoms with Gasteiger partial charge in [-0.1, -0.05) is 20.8 Å². The Bertz CT molecular complexity index is 1120. The van der Waals surface area contributed by atoms with E-state index in [1.54, 1.807) is 0 Å². The van der Waals surface area contributed by atoms with E-state index in [-0.39, 0.29) is 0 Å². The summed E-state index contributed by atoms with van der Waals surface area (Å²) in [6.45, 7) is 18.9. The summed E-state index contributed by atoms with van der Waals surface area (Å²) in [5, 5.41) is 1.23. The number of benzene rings is 2. The molecule has 4 rings (SSSR count). The summed E-state index contributed by atoms with van der Waals surface area (Å²) < 4.78 is 9.27. The molecule has 1 aliphatic carbocycles. The molecule has 6 heteroatoms. The molecule has 0 spiro atoms. The van der Waals surface area contributed by atoms with Crippen LogP contribution in [0.15, 0.2) is 40.8 Å². The van der Waals surface area contributed by atoms with Gasteiger partial charge in [0.05, 0.1) is 19.2 Å². The second-order valence-electron chi connectivity index (χ2n) is 9.52. The lowest BCUT2D eigenvalue weighted by molar-refractivity contribution is 0.235. The van der Waals surface area contributed by atoms with Crippen LogP contribution >= 0.6 is 11.8 Å². The second-order valence-corrected chi connectivity index (χ2v) is 11.2. The standard InChI is InChI=1S/C28H41N4OS/c1-6-28(5,7-2)34-19-18-30-14-16-32(17-15-30)23-11-13-25-27(21-23)33-26-20-22(31(8-3)9-4)10-12-24(26)29-25/h10-13,20-21H,6-9,14-19H2,1-5H3/q+1. The van der Waals surface area contributed by atoms with Crippen molar-refractivity contribution in [2.75, 3.05) is 56.5 Å². The van der Waals surface area contributed by atoms with Crippen LogP contribution in [0.4, 0.5) is 5.69 Å². The molecule has 0 aromatic heterocycles. The van der Waals surface area contributed by atoms with Crippen LogP contribution in [-0.4, -0.2) is 66.2 Å². The van der Waals surface area contributed by atoms with Crippen molar-refractivity contribution in [3.63, 3.8) is 0 Å². The quantitative estimate of drug-likeness (QED) is 0.311. The van der Waals surface area contributed by atoms with Gasteiger partial charge in [0.2, 0.25) is 5.36 Å². The molecular weight excluding hydrogens is 440 g/mol. The maximum atomic E-state index is 6.36. The summed E-state index contributed by atoms with van der Waals surface area (Å²) in [6, 6.07) is 12.8. The summed E-state index contributed by atoms with van der Waals surface area (Å²) in [7, 11) is 0. The fourth-order valence-electron chi connectivity index (χ4n) is 4.69. The number of hydrogen-bond donors (Lipinski definition) is 0. The third-order valence-corrected chi connectivity index (χ3v) is 9.23. The van der Waals surface area contributed by atoms with Gasteiger partial charge in [0, 0.05) is 48.0 Å². The smallest absolute Gasteiger partial charge is 0.203 e. The Kier molecular flexibility index (Phi) is 8.20.